The molecule has 3 aromatic rings. The number of aromatic nitrogens is 1. The Morgan fingerprint density at radius 3 is 2.23 bits per heavy atom. The number of carbonyl (C=O) groups is 1. The minimum atomic E-state index is -4.64. The minimum absolute atomic E-state index is 0.0950. The van der Waals surface area contributed by atoms with Crippen LogP contribution in [0.25, 0.3) is 11.3 Å². The lowest BCUT2D eigenvalue weighted by Gasteiger charge is -2.21. The Morgan fingerprint density at radius 2 is 1.64 bits per heavy atom. The van der Waals surface area contributed by atoms with Crippen LogP contribution in [0.5, 0.6) is 0 Å². The van der Waals surface area contributed by atoms with Gasteiger partial charge in [0.2, 0.25) is 15.9 Å². The molecule has 210 valence electrons. The number of nitrogens with zero attached hydrogens (tertiary/aromatic N) is 1. The predicted octanol–water partition coefficient (Wildman–Crippen LogP) is 5.67. The van der Waals surface area contributed by atoms with E-state index in [1.54, 1.807) is 25.1 Å². The van der Waals surface area contributed by atoms with E-state index in [2.05, 4.69) is 15.0 Å². The van der Waals surface area contributed by atoms with Gasteiger partial charge in [0.15, 0.2) is 0 Å². The summed E-state index contributed by atoms with van der Waals surface area (Å²) in [6.07, 6.45) is -3.68. The van der Waals surface area contributed by atoms with Gasteiger partial charge in [-0.25, -0.2) is 22.5 Å². The van der Waals surface area contributed by atoms with Crippen molar-refractivity contribution in [2.45, 2.75) is 58.3 Å². The molecule has 1 amide bonds. The van der Waals surface area contributed by atoms with Gasteiger partial charge in [-0.1, -0.05) is 57.2 Å². The van der Waals surface area contributed by atoms with Crippen molar-refractivity contribution in [1.82, 2.24) is 15.0 Å². The number of hydrogen-bond acceptors (Lipinski definition) is 4. The van der Waals surface area contributed by atoms with Crippen molar-refractivity contribution in [2.24, 2.45) is 0 Å². The van der Waals surface area contributed by atoms with Crippen molar-refractivity contribution >= 4 is 15.9 Å². The number of pyridine rings is 1. The van der Waals surface area contributed by atoms with Crippen LogP contribution in [0.1, 0.15) is 61.6 Å². The molecular formula is C28H31F4N3O3S. The third-order valence-electron chi connectivity index (χ3n) is 6.22. The first-order chi connectivity index (χ1) is 18.0. The molecule has 1 unspecified atom stereocenters. The fraction of sp³-hybridized carbons (Fsp3) is 0.357. The van der Waals surface area contributed by atoms with E-state index >= 15 is 0 Å². The summed E-state index contributed by atoms with van der Waals surface area (Å²) in [6, 6.07) is 13.4. The highest BCUT2D eigenvalue weighted by Gasteiger charge is 2.33. The zero-order valence-electron chi connectivity index (χ0n) is 22.3. The molecule has 1 aromatic heterocycles. The molecule has 2 N–H and O–H groups in total. The fourth-order valence-electron chi connectivity index (χ4n) is 3.84. The number of benzene rings is 2. The highest BCUT2D eigenvalue weighted by atomic mass is 32.2. The maximum absolute atomic E-state index is 14.5. The molecule has 0 aliphatic carbocycles. The van der Waals surface area contributed by atoms with Gasteiger partial charge < -0.3 is 5.32 Å². The summed E-state index contributed by atoms with van der Waals surface area (Å²) >= 11 is 0. The number of hydrogen-bond donors (Lipinski definition) is 2. The Bertz CT molecular complexity index is 1470. The molecule has 0 radical (unpaired) electrons. The van der Waals surface area contributed by atoms with Crippen LogP contribution in [0, 0.1) is 5.82 Å². The first kappa shape index (κ1) is 30.2. The van der Waals surface area contributed by atoms with Gasteiger partial charge in [0.25, 0.3) is 0 Å². The summed E-state index contributed by atoms with van der Waals surface area (Å²) in [5.74, 6) is -1.92. The van der Waals surface area contributed by atoms with Crippen molar-refractivity contribution in [3.05, 3.63) is 88.4 Å². The second kappa shape index (κ2) is 11.4. The smallest absolute Gasteiger partial charge is 0.351 e. The van der Waals surface area contributed by atoms with Gasteiger partial charge in [-0.15, -0.1) is 0 Å². The average molecular weight is 566 g/mol. The van der Waals surface area contributed by atoms with Crippen molar-refractivity contribution in [3.8, 4) is 11.3 Å². The van der Waals surface area contributed by atoms with Gasteiger partial charge >= 0.3 is 6.18 Å². The second-order valence-electron chi connectivity index (χ2n) is 10.4. The molecule has 1 atom stereocenters. The lowest BCUT2D eigenvalue weighted by molar-refractivity contribution is -0.141. The first-order valence-electron chi connectivity index (χ1n) is 12.1. The van der Waals surface area contributed by atoms with Crippen LogP contribution < -0.4 is 10.0 Å². The van der Waals surface area contributed by atoms with E-state index in [0.717, 1.165) is 24.0 Å². The van der Waals surface area contributed by atoms with E-state index in [-0.39, 0.29) is 29.8 Å². The Hall–Kier alpha value is -3.31. The Balaban J connectivity index is 1.84. The number of amides is 1. The molecular weight excluding hydrogens is 534 g/mol. The summed E-state index contributed by atoms with van der Waals surface area (Å²) < 4.78 is 79.7. The van der Waals surface area contributed by atoms with Crippen molar-refractivity contribution in [3.63, 3.8) is 0 Å². The van der Waals surface area contributed by atoms with Crippen molar-refractivity contribution in [1.29, 1.82) is 0 Å². The van der Waals surface area contributed by atoms with Gasteiger partial charge in [-0.3, -0.25) is 4.79 Å². The van der Waals surface area contributed by atoms with Gasteiger partial charge in [0.1, 0.15) is 11.5 Å². The van der Waals surface area contributed by atoms with Crippen LogP contribution in [0.3, 0.4) is 0 Å². The Morgan fingerprint density at radius 1 is 0.974 bits per heavy atom. The topological polar surface area (TPSA) is 88.2 Å². The number of alkyl halides is 3. The van der Waals surface area contributed by atoms with Gasteiger partial charge in [-0.05, 0) is 47.2 Å². The molecule has 6 nitrogen and oxygen atoms in total. The lowest BCUT2D eigenvalue weighted by Crippen LogP contribution is -2.28. The molecule has 0 saturated carbocycles. The molecule has 3 rings (SSSR count). The summed E-state index contributed by atoms with van der Waals surface area (Å²) in [5, 5.41) is 2.72. The quantitative estimate of drug-likeness (QED) is 0.345. The number of sulfonamides is 1. The van der Waals surface area contributed by atoms with E-state index < -0.39 is 39.5 Å². The van der Waals surface area contributed by atoms with Gasteiger partial charge in [0.05, 0.1) is 17.9 Å². The van der Waals surface area contributed by atoms with E-state index in [1.807, 2.05) is 26.8 Å². The summed E-state index contributed by atoms with van der Waals surface area (Å²) in [7, 11) is -3.51. The highest BCUT2D eigenvalue weighted by molar-refractivity contribution is 7.88. The second-order valence-corrected chi connectivity index (χ2v) is 12.2. The number of nitrogens with one attached hydrogen (secondary N) is 2. The van der Waals surface area contributed by atoms with E-state index in [1.165, 1.54) is 18.2 Å². The van der Waals surface area contributed by atoms with E-state index in [9.17, 15) is 30.8 Å². The predicted molar refractivity (Wildman–Crippen MR) is 142 cm³/mol. The third-order valence-corrected chi connectivity index (χ3v) is 6.89. The molecule has 0 fully saturated rings. The van der Waals surface area contributed by atoms with E-state index in [0.29, 0.717) is 16.7 Å². The zero-order valence-corrected chi connectivity index (χ0v) is 23.1. The standard InChI is InChI=1S/C28H31F4N3O3S/c1-17(18-9-10-20(23(29)14-18)16-34-39(5,37)38)26(36)33-15-21-11-12-24(28(30,31)32)35-25(21)19-7-6-8-22(13-19)27(2,3)4/h6-14,17,34H,15-16H2,1-5H3,(H,33,36). The molecule has 0 aliphatic heterocycles. The van der Waals surface area contributed by atoms with Crippen LogP contribution in [0.15, 0.2) is 54.6 Å². The molecule has 2 aromatic carbocycles. The number of carbonyl (C=O) groups excluding carboxylic acids is 1. The molecule has 0 bridgehead atoms. The SMILES string of the molecule is CC(C(=O)NCc1ccc(C(F)(F)F)nc1-c1cccc(C(C)(C)C)c1)c1ccc(CNS(C)(=O)=O)c(F)c1. The van der Waals surface area contributed by atoms with E-state index in [4.69, 9.17) is 0 Å². The maximum Gasteiger partial charge on any atom is 0.433 e. The minimum Gasteiger partial charge on any atom is -0.351 e. The molecule has 1 heterocycles. The third kappa shape index (κ3) is 8.09. The van der Waals surface area contributed by atoms with Crippen LogP contribution in [-0.4, -0.2) is 25.6 Å². The zero-order chi connectivity index (χ0) is 29.2. The van der Waals surface area contributed by atoms with Gasteiger partial charge in [0, 0.05) is 24.2 Å². The van der Waals surface area contributed by atoms with Crippen molar-refractivity contribution < 1.29 is 30.8 Å². The van der Waals surface area contributed by atoms with Crippen LogP contribution in [0.4, 0.5) is 17.6 Å². The highest BCUT2D eigenvalue weighted by Crippen LogP contribution is 2.33. The largest absolute Gasteiger partial charge is 0.433 e. The normalized spacial score (nSPS) is 13.3. The summed E-state index contributed by atoms with van der Waals surface area (Å²) in [5.41, 5.74) is 1.11. The van der Waals surface area contributed by atoms with Crippen LogP contribution in [-0.2, 0) is 39.5 Å². The average Bonchev–Trinajstić information content (AvgIpc) is 2.84. The molecule has 0 aliphatic rings. The van der Waals surface area contributed by atoms with Crippen LogP contribution in [0.2, 0.25) is 0 Å². The number of rotatable bonds is 8. The molecule has 39 heavy (non-hydrogen) atoms. The first-order valence-corrected chi connectivity index (χ1v) is 14.0. The fourth-order valence-corrected chi connectivity index (χ4v) is 4.26. The molecule has 11 heteroatoms. The monoisotopic (exact) mass is 565 g/mol. The summed E-state index contributed by atoms with van der Waals surface area (Å²) in [4.78, 5) is 16.8. The van der Waals surface area contributed by atoms with Crippen LogP contribution >= 0.6 is 0 Å². The Labute approximate surface area is 225 Å². The molecule has 0 spiro atoms. The van der Waals surface area contributed by atoms with Crippen molar-refractivity contribution in [2.75, 3.05) is 6.26 Å². The Kier molecular flexibility index (Phi) is 8.86. The summed E-state index contributed by atoms with van der Waals surface area (Å²) in [6.45, 7) is 7.22. The number of halogens is 4. The van der Waals surface area contributed by atoms with Gasteiger partial charge in [-0.2, -0.15) is 13.2 Å². The molecule has 0 saturated heterocycles. The maximum atomic E-state index is 14.5. The lowest BCUT2D eigenvalue weighted by atomic mass is 9.85.